The molecule has 2 aliphatic heterocycles. The maximum Gasteiger partial charge on any atom is 0.239 e. The van der Waals surface area contributed by atoms with Crippen molar-refractivity contribution in [3.8, 4) is 5.75 Å². The van der Waals surface area contributed by atoms with Crippen molar-refractivity contribution in [2.75, 3.05) is 26.2 Å². The van der Waals surface area contributed by atoms with Gasteiger partial charge in [0.15, 0.2) is 0 Å². The number of hydrogen-bond donors (Lipinski definition) is 0. The molecule has 22 heavy (non-hydrogen) atoms. The van der Waals surface area contributed by atoms with E-state index in [2.05, 4.69) is 22.8 Å². The molecule has 1 aromatic rings. The maximum absolute atomic E-state index is 12.4. The first-order valence-corrected chi connectivity index (χ1v) is 8.46. The lowest BCUT2D eigenvalue weighted by atomic mass is 10.1. The summed E-state index contributed by atoms with van der Waals surface area (Å²) >= 11 is 0. The first-order chi connectivity index (χ1) is 10.7. The van der Waals surface area contributed by atoms with E-state index in [0.29, 0.717) is 18.6 Å². The van der Waals surface area contributed by atoms with Crippen molar-refractivity contribution in [1.29, 1.82) is 0 Å². The smallest absolute Gasteiger partial charge is 0.239 e. The first kappa shape index (κ1) is 15.3. The number of ether oxygens (including phenoxy) is 1. The Hall–Kier alpha value is -1.55. The molecule has 4 nitrogen and oxygen atoms in total. The van der Waals surface area contributed by atoms with Crippen molar-refractivity contribution < 1.29 is 9.53 Å². The van der Waals surface area contributed by atoms with Gasteiger partial charge in [-0.1, -0.05) is 25.1 Å². The van der Waals surface area contributed by atoms with Crippen LogP contribution < -0.4 is 4.74 Å². The fourth-order valence-corrected chi connectivity index (χ4v) is 3.64. The van der Waals surface area contributed by atoms with E-state index >= 15 is 0 Å². The van der Waals surface area contributed by atoms with Crippen LogP contribution in [0.4, 0.5) is 0 Å². The van der Waals surface area contributed by atoms with Gasteiger partial charge in [0.05, 0.1) is 6.04 Å². The molecular formula is C18H26N2O2. The summed E-state index contributed by atoms with van der Waals surface area (Å²) < 4.78 is 5.96. The minimum Gasteiger partial charge on any atom is -0.492 e. The Morgan fingerprint density at radius 2 is 2.14 bits per heavy atom. The van der Waals surface area contributed by atoms with Crippen LogP contribution in [0, 0.1) is 0 Å². The molecule has 0 saturated carbocycles. The molecule has 0 spiro atoms. The number of nitrogens with zero attached hydrogens (tertiary/aromatic N) is 2. The highest BCUT2D eigenvalue weighted by Crippen LogP contribution is 2.25. The van der Waals surface area contributed by atoms with Crippen LogP contribution in [0.2, 0.25) is 0 Å². The fourth-order valence-electron chi connectivity index (χ4n) is 3.64. The minimum absolute atomic E-state index is 0.0145. The van der Waals surface area contributed by atoms with Gasteiger partial charge in [0.2, 0.25) is 5.91 Å². The molecule has 3 rings (SSSR count). The van der Waals surface area contributed by atoms with Gasteiger partial charge >= 0.3 is 0 Å². The number of benzene rings is 1. The third kappa shape index (κ3) is 2.98. The van der Waals surface area contributed by atoms with Crippen LogP contribution in [0.5, 0.6) is 5.75 Å². The number of carbonyl (C=O) groups is 1. The number of rotatable bonds is 5. The van der Waals surface area contributed by atoms with E-state index in [0.717, 1.165) is 44.6 Å². The second kappa shape index (κ2) is 6.69. The van der Waals surface area contributed by atoms with E-state index in [1.807, 2.05) is 25.1 Å². The van der Waals surface area contributed by atoms with Crippen LogP contribution in [0.25, 0.3) is 0 Å². The number of piperazine rings is 1. The van der Waals surface area contributed by atoms with Crippen molar-refractivity contribution >= 4 is 5.91 Å². The zero-order valence-electron chi connectivity index (χ0n) is 13.6. The number of amides is 1. The third-order valence-corrected chi connectivity index (χ3v) is 5.00. The lowest BCUT2D eigenvalue weighted by molar-refractivity contribution is -0.143. The molecule has 2 fully saturated rings. The molecule has 2 saturated heterocycles. The summed E-state index contributed by atoms with van der Waals surface area (Å²) in [5.41, 5.74) is 1.24. The second-order valence-corrected chi connectivity index (χ2v) is 6.31. The first-order valence-electron chi connectivity index (χ1n) is 8.46. The van der Waals surface area contributed by atoms with Crippen molar-refractivity contribution in [3.63, 3.8) is 0 Å². The number of fused-ring (bicyclic) bond motifs is 1. The molecule has 2 aliphatic rings. The summed E-state index contributed by atoms with van der Waals surface area (Å²) in [5, 5.41) is 0. The molecule has 4 heteroatoms. The van der Waals surface area contributed by atoms with E-state index in [1.54, 1.807) is 0 Å². The third-order valence-electron chi connectivity index (χ3n) is 5.00. The molecule has 1 aromatic carbocycles. The standard InChI is InChI=1S/C18H26N2O2/c1-3-15-7-4-5-9-17(15)22-12-11-19-13-16-8-6-10-20(16)18(21)14(19)2/h4-5,7,9,14,16H,3,6,8,10-13H2,1-2H3/t14-,16+/m0/s1. The summed E-state index contributed by atoms with van der Waals surface area (Å²) in [4.78, 5) is 16.8. The molecule has 2 heterocycles. The average molecular weight is 302 g/mol. The van der Waals surface area contributed by atoms with Gasteiger partial charge in [-0.15, -0.1) is 0 Å². The SMILES string of the molecule is CCc1ccccc1OCCN1C[C@H]2CCCN2C(=O)[C@@H]1C. The van der Waals surface area contributed by atoms with E-state index in [4.69, 9.17) is 4.74 Å². The summed E-state index contributed by atoms with van der Waals surface area (Å²) in [7, 11) is 0. The Morgan fingerprint density at radius 1 is 1.32 bits per heavy atom. The maximum atomic E-state index is 12.4. The number of carbonyl (C=O) groups excluding carboxylic acids is 1. The van der Waals surface area contributed by atoms with Gasteiger partial charge in [-0.25, -0.2) is 0 Å². The van der Waals surface area contributed by atoms with Crippen molar-refractivity contribution in [2.45, 2.75) is 45.2 Å². The van der Waals surface area contributed by atoms with Crippen molar-refractivity contribution in [3.05, 3.63) is 29.8 Å². The molecule has 120 valence electrons. The molecule has 0 bridgehead atoms. The zero-order chi connectivity index (χ0) is 15.5. The Labute approximate surface area is 133 Å². The Balaban J connectivity index is 1.56. The van der Waals surface area contributed by atoms with E-state index in [-0.39, 0.29) is 6.04 Å². The summed E-state index contributed by atoms with van der Waals surface area (Å²) in [6.45, 7) is 7.56. The lowest BCUT2D eigenvalue weighted by Crippen LogP contribution is -2.59. The Morgan fingerprint density at radius 3 is 2.95 bits per heavy atom. The van der Waals surface area contributed by atoms with Crippen molar-refractivity contribution in [1.82, 2.24) is 9.80 Å². The Bertz CT molecular complexity index is 532. The molecular weight excluding hydrogens is 276 g/mol. The predicted octanol–water partition coefficient (Wildman–Crippen LogP) is 2.32. The molecule has 0 unspecified atom stereocenters. The van der Waals surface area contributed by atoms with E-state index < -0.39 is 0 Å². The molecule has 1 amide bonds. The monoisotopic (exact) mass is 302 g/mol. The predicted molar refractivity (Wildman–Crippen MR) is 87.1 cm³/mol. The van der Waals surface area contributed by atoms with Gasteiger partial charge in [0.1, 0.15) is 12.4 Å². The number of hydrogen-bond acceptors (Lipinski definition) is 3. The number of aryl methyl sites for hydroxylation is 1. The summed E-state index contributed by atoms with van der Waals surface area (Å²) in [5.74, 6) is 1.27. The van der Waals surface area contributed by atoms with E-state index in [1.165, 1.54) is 5.56 Å². The van der Waals surface area contributed by atoms with Gasteiger partial charge in [-0.05, 0) is 37.8 Å². The van der Waals surface area contributed by atoms with Crippen LogP contribution in [-0.2, 0) is 11.2 Å². The fraction of sp³-hybridized carbons (Fsp3) is 0.611. The van der Waals surface area contributed by atoms with Gasteiger partial charge in [0.25, 0.3) is 0 Å². The normalized spacial score (nSPS) is 25.4. The molecule has 2 atom stereocenters. The highest BCUT2D eigenvalue weighted by molar-refractivity contribution is 5.83. The highest BCUT2D eigenvalue weighted by Gasteiger charge is 2.39. The van der Waals surface area contributed by atoms with Gasteiger partial charge in [-0.2, -0.15) is 0 Å². The topological polar surface area (TPSA) is 32.8 Å². The molecule has 0 aromatic heterocycles. The van der Waals surface area contributed by atoms with Crippen LogP contribution in [0.3, 0.4) is 0 Å². The van der Waals surface area contributed by atoms with Crippen molar-refractivity contribution in [2.24, 2.45) is 0 Å². The average Bonchev–Trinajstić information content (AvgIpc) is 3.01. The van der Waals surface area contributed by atoms with Gasteiger partial charge in [0, 0.05) is 25.7 Å². The quantitative estimate of drug-likeness (QED) is 0.837. The summed E-state index contributed by atoms with van der Waals surface area (Å²) in [6, 6.07) is 8.61. The molecule has 0 N–H and O–H groups in total. The highest BCUT2D eigenvalue weighted by atomic mass is 16.5. The van der Waals surface area contributed by atoms with E-state index in [9.17, 15) is 4.79 Å². The summed E-state index contributed by atoms with van der Waals surface area (Å²) in [6.07, 6.45) is 3.28. The second-order valence-electron chi connectivity index (χ2n) is 6.31. The van der Waals surface area contributed by atoms with Crippen LogP contribution in [0.1, 0.15) is 32.3 Å². The Kier molecular flexibility index (Phi) is 4.67. The largest absolute Gasteiger partial charge is 0.492 e. The minimum atomic E-state index is -0.0145. The van der Waals surface area contributed by atoms with Crippen LogP contribution in [0.15, 0.2) is 24.3 Å². The molecule has 0 radical (unpaired) electrons. The zero-order valence-corrected chi connectivity index (χ0v) is 13.6. The number of para-hydroxylation sites is 1. The van der Waals surface area contributed by atoms with Crippen LogP contribution >= 0.6 is 0 Å². The lowest BCUT2D eigenvalue weighted by Gasteiger charge is -2.41. The van der Waals surface area contributed by atoms with Gasteiger partial charge in [-0.3, -0.25) is 9.69 Å². The van der Waals surface area contributed by atoms with Gasteiger partial charge < -0.3 is 9.64 Å². The molecule has 0 aliphatic carbocycles. The van der Waals surface area contributed by atoms with Crippen LogP contribution in [-0.4, -0.2) is 54.0 Å².